The van der Waals surface area contributed by atoms with Gasteiger partial charge in [0.25, 0.3) is 5.91 Å². The summed E-state index contributed by atoms with van der Waals surface area (Å²) in [5.74, 6) is -0.561. The Labute approximate surface area is 179 Å². The highest BCUT2D eigenvalue weighted by Crippen LogP contribution is 2.43. The summed E-state index contributed by atoms with van der Waals surface area (Å²) in [4.78, 5) is 15.9. The number of aliphatic hydroxyl groups is 1. The maximum absolute atomic E-state index is 13.1. The third kappa shape index (κ3) is 3.91. The second kappa shape index (κ2) is 8.36. The average Bonchev–Trinajstić information content (AvgIpc) is 3.00. The molecule has 3 nitrogen and oxygen atoms in total. The van der Waals surface area contributed by atoms with Crippen LogP contribution in [-0.4, -0.2) is 22.2 Å². The number of halogens is 1. The van der Waals surface area contributed by atoms with Crippen LogP contribution < -0.4 is 0 Å². The van der Waals surface area contributed by atoms with E-state index in [9.17, 15) is 9.90 Å². The van der Waals surface area contributed by atoms with Gasteiger partial charge in [0, 0.05) is 22.0 Å². The van der Waals surface area contributed by atoms with Gasteiger partial charge in [0.05, 0.1) is 6.04 Å². The van der Waals surface area contributed by atoms with Crippen molar-refractivity contribution in [1.82, 2.24) is 4.90 Å². The first-order valence-corrected chi connectivity index (χ1v) is 10.9. The molecular weight excluding hydrogens is 402 g/mol. The van der Waals surface area contributed by atoms with Gasteiger partial charge in [-0.25, -0.2) is 0 Å². The second-order valence-corrected chi connectivity index (χ2v) is 8.18. The predicted octanol–water partition coefficient (Wildman–Crippen LogP) is 6.11. The van der Waals surface area contributed by atoms with Gasteiger partial charge in [-0.05, 0) is 47.2 Å². The van der Waals surface area contributed by atoms with E-state index in [1.165, 1.54) is 4.90 Å². The zero-order valence-electron chi connectivity index (χ0n) is 15.9. The van der Waals surface area contributed by atoms with Crippen molar-refractivity contribution in [1.29, 1.82) is 0 Å². The van der Waals surface area contributed by atoms with Crippen LogP contribution in [0.4, 0.5) is 0 Å². The molecule has 3 aromatic carbocycles. The van der Waals surface area contributed by atoms with E-state index in [0.29, 0.717) is 17.1 Å². The topological polar surface area (TPSA) is 40.5 Å². The van der Waals surface area contributed by atoms with Crippen molar-refractivity contribution in [3.8, 4) is 0 Å². The highest BCUT2D eigenvalue weighted by atomic mass is 35.5. The van der Waals surface area contributed by atoms with Crippen molar-refractivity contribution in [2.24, 2.45) is 0 Å². The highest BCUT2D eigenvalue weighted by molar-refractivity contribution is 7.98. The molecule has 1 heterocycles. The van der Waals surface area contributed by atoms with Gasteiger partial charge in [-0.3, -0.25) is 4.79 Å². The Morgan fingerprint density at radius 3 is 2.24 bits per heavy atom. The average molecular weight is 422 g/mol. The summed E-state index contributed by atoms with van der Waals surface area (Å²) in [6.07, 6.45) is 2.03. The van der Waals surface area contributed by atoms with Crippen molar-refractivity contribution in [3.63, 3.8) is 0 Å². The largest absolute Gasteiger partial charge is 0.503 e. The Balaban J connectivity index is 1.77. The van der Waals surface area contributed by atoms with Crippen LogP contribution in [-0.2, 0) is 11.3 Å². The minimum atomic E-state index is -0.387. The number of thioether (sulfide) groups is 1. The molecule has 5 heteroatoms. The molecule has 0 radical (unpaired) electrons. The van der Waals surface area contributed by atoms with E-state index in [-0.39, 0.29) is 17.7 Å². The molecule has 1 unspecified atom stereocenters. The monoisotopic (exact) mass is 421 g/mol. The number of carbonyl (C=O) groups excluding carboxylic acids is 1. The van der Waals surface area contributed by atoms with Crippen LogP contribution in [0, 0.1) is 0 Å². The van der Waals surface area contributed by atoms with E-state index in [4.69, 9.17) is 11.6 Å². The van der Waals surface area contributed by atoms with Crippen LogP contribution in [0.1, 0.15) is 22.7 Å². The molecule has 29 heavy (non-hydrogen) atoms. The lowest BCUT2D eigenvalue weighted by Gasteiger charge is -2.27. The zero-order chi connectivity index (χ0) is 20.4. The lowest BCUT2D eigenvalue weighted by Crippen LogP contribution is -2.29. The Hall–Kier alpha value is -2.69. The van der Waals surface area contributed by atoms with Crippen LogP contribution in [0.25, 0.3) is 5.57 Å². The van der Waals surface area contributed by atoms with Gasteiger partial charge < -0.3 is 10.0 Å². The number of rotatable bonds is 5. The fraction of sp³-hybridized carbons (Fsp3) is 0.125. The third-order valence-corrected chi connectivity index (χ3v) is 6.08. The van der Waals surface area contributed by atoms with E-state index >= 15 is 0 Å². The summed E-state index contributed by atoms with van der Waals surface area (Å²) in [6, 6.07) is 24.7. The molecule has 0 saturated heterocycles. The zero-order valence-corrected chi connectivity index (χ0v) is 17.5. The molecule has 0 saturated carbocycles. The van der Waals surface area contributed by atoms with Crippen LogP contribution in [0.3, 0.4) is 0 Å². The minimum absolute atomic E-state index is 0.197. The number of hydrogen-bond donors (Lipinski definition) is 1. The van der Waals surface area contributed by atoms with E-state index in [0.717, 1.165) is 16.7 Å². The van der Waals surface area contributed by atoms with E-state index in [2.05, 4.69) is 0 Å². The smallest absolute Gasteiger partial charge is 0.290 e. The van der Waals surface area contributed by atoms with Crippen molar-refractivity contribution in [2.75, 3.05) is 6.26 Å². The van der Waals surface area contributed by atoms with Crippen molar-refractivity contribution < 1.29 is 9.90 Å². The molecule has 4 rings (SSSR count). The molecule has 1 aliphatic rings. The molecule has 0 aliphatic carbocycles. The first-order chi connectivity index (χ1) is 14.1. The van der Waals surface area contributed by atoms with Crippen LogP contribution in [0.15, 0.2) is 89.5 Å². The van der Waals surface area contributed by atoms with Crippen LogP contribution in [0.5, 0.6) is 0 Å². The Kier molecular flexibility index (Phi) is 5.65. The van der Waals surface area contributed by atoms with Gasteiger partial charge in [-0.2, -0.15) is 0 Å². The molecular formula is C24H20ClNO2S. The van der Waals surface area contributed by atoms with E-state index < -0.39 is 0 Å². The summed E-state index contributed by atoms with van der Waals surface area (Å²) in [6.45, 7) is 0.404. The first-order valence-electron chi connectivity index (χ1n) is 9.26. The standard InChI is InChI=1S/C24H20ClNO2S/c1-29-20-13-7-16(8-14-20)15-26-22(18-9-11-19(25)12-10-18)21(23(27)24(26)28)17-5-3-2-4-6-17/h2-14,22,27H,15H2,1H3. The summed E-state index contributed by atoms with van der Waals surface area (Å²) >= 11 is 7.76. The molecule has 146 valence electrons. The van der Waals surface area contributed by atoms with E-state index in [1.807, 2.05) is 85.1 Å². The third-order valence-electron chi connectivity index (χ3n) is 5.09. The SMILES string of the molecule is CSc1ccc(CN2C(=O)C(O)=C(c3ccccc3)C2c2ccc(Cl)cc2)cc1. The van der Waals surface area contributed by atoms with Gasteiger partial charge in [-0.1, -0.05) is 66.2 Å². The predicted molar refractivity (Wildman–Crippen MR) is 119 cm³/mol. The summed E-state index contributed by atoms with van der Waals surface area (Å²) < 4.78 is 0. The van der Waals surface area contributed by atoms with Crippen molar-refractivity contribution in [3.05, 3.63) is 106 Å². The number of aliphatic hydroxyl groups excluding tert-OH is 1. The molecule has 0 spiro atoms. The normalized spacial score (nSPS) is 16.6. The van der Waals surface area contributed by atoms with Gasteiger partial charge in [0.15, 0.2) is 5.76 Å². The summed E-state index contributed by atoms with van der Waals surface area (Å²) in [5, 5.41) is 11.4. The first kappa shape index (κ1) is 19.6. The van der Waals surface area contributed by atoms with E-state index in [1.54, 1.807) is 16.7 Å². The fourth-order valence-electron chi connectivity index (χ4n) is 3.65. The molecule has 0 fully saturated rings. The number of amides is 1. The molecule has 1 amide bonds. The molecule has 1 N–H and O–H groups in total. The number of benzene rings is 3. The Morgan fingerprint density at radius 2 is 1.62 bits per heavy atom. The van der Waals surface area contributed by atoms with Crippen molar-refractivity contribution in [2.45, 2.75) is 17.5 Å². The maximum Gasteiger partial charge on any atom is 0.290 e. The van der Waals surface area contributed by atoms with Crippen LogP contribution >= 0.6 is 23.4 Å². The Bertz CT molecular complexity index is 1050. The van der Waals surface area contributed by atoms with Gasteiger partial charge >= 0.3 is 0 Å². The molecule has 0 bridgehead atoms. The highest BCUT2D eigenvalue weighted by Gasteiger charge is 2.40. The Morgan fingerprint density at radius 1 is 0.966 bits per heavy atom. The minimum Gasteiger partial charge on any atom is -0.503 e. The molecule has 1 atom stereocenters. The summed E-state index contributed by atoms with van der Waals surface area (Å²) in [5.41, 5.74) is 3.38. The molecule has 1 aliphatic heterocycles. The lowest BCUT2D eigenvalue weighted by atomic mass is 9.93. The van der Waals surface area contributed by atoms with Crippen molar-refractivity contribution >= 4 is 34.8 Å². The molecule has 3 aromatic rings. The number of nitrogens with zero attached hydrogens (tertiary/aromatic N) is 1. The summed E-state index contributed by atoms with van der Waals surface area (Å²) in [7, 11) is 0. The lowest BCUT2D eigenvalue weighted by molar-refractivity contribution is -0.130. The number of hydrogen-bond acceptors (Lipinski definition) is 3. The second-order valence-electron chi connectivity index (χ2n) is 6.86. The fourth-order valence-corrected chi connectivity index (χ4v) is 4.18. The van der Waals surface area contributed by atoms with Crippen LogP contribution in [0.2, 0.25) is 5.02 Å². The number of carbonyl (C=O) groups is 1. The van der Waals surface area contributed by atoms with Gasteiger partial charge in [-0.15, -0.1) is 11.8 Å². The maximum atomic E-state index is 13.1. The quantitative estimate of drug-likeness (QED) is 0.505. The van der Waals surface area contributed by atoms with Gasteiger partial charge in [0.1, 0.15) is 0 Å². The molecule has 0 aromatic heterocycles. The van der Waals surface area contributed by atoms with Gasteiger partial charge in [0.2, 0.25) is 0 Å².